The summed E-state index contributed by atoms with van der Waals surface area (Å²) in [5.74, 6) is -0.791. The Morgan fingerprint density at radius 1 is 1.35 bits per heavy atom. The molecule has 2 heterocycles. The molecule has 2 N–H and O–H groups in total. The Balaban J connectivity index is 1.56. The topological polar surface area (TPSA) is 109 Å². The number of hydrogen-bond donors (Lipinski definition) is 2. The van der Waals surface area contributed by atoms with Crippen LogP contribution in [-0.4, -0.2) is 37.9 Å². The Hall–Kier alpha value is -2.60. The molecule has 1 unspecified atom stereocenters. The first kappa shape index (κ1) is 18.2. The van der Waals surface area contributed by atoms with Gasteiger partial charge >= 0.3 is 0 Å². The van der Waals surface area contributed by atoms with Crippen LogP contribution in [0.5, 0.6) is 0 Å². The number of aryl methyl sites for hydroxylation is 1. The van der Waals surface area contributed by atoms with Gasteiger partial charge in [-0.25, -0.2) is 4.68 Å². The van der Waals surface area contributed by atoms with Crippen LogP contribution < -0.4 is 10.6 Å². The van der Waals surface area contributed by atoms with Gasteiger partial charge in [0.1, 0.15) is 12.1 Å². The number of fused-ring (bicyclic) bond motifs is 1. The van der Waals surface area contributed by atoms with Gasteiger partial charge < -0.3 is 10.6 Å². The van der Waals surface area contributed by atoms with E-state index in [9.17, 15) is 10.1 Å². The van der Waals surface area contributed by atoms with Crippen molar-refractivity contribution in [3.63, 3.8) is 0 Å². The van der Waals surface area contributed by atoms with E-state index >= 15 is 0 Å². The molecule has 0 fully saturated rings. The zero-order valence-corrected chi connectivity index (χ0v) is 15.4. The molecule has 0 bridgehead atoms. The highest BCUT2D eigenvalue weighted by Crippen LogP contribution is 2.31. The van der Waals surface area contributed by atoms with Crippen LogP contribution >= 0.6 is 11.8 Å². The lowest BCUT2D eigenvalue weighted by atomic mass is 10.0. The van der Waals surface area contributed by atoms with E-state index in [-0.39, 0.29) is 11.5 Å². The number of thioether (sulfide) groups is 1. The third kappa shape index (κ3) is 4.14. The van der Waals surface area contributed by atoms with E-state index in [1.807, 2.05) is 24.3 Å². The van der Waals surface area contributed by atoms with Gasteiger partial charge in [-0.15, -0.1) is 5.10 Å². The van der Waals surface area contributed by atoms with Crippen molar-refractivity contribution >= 4 is 28.9 Å². The number of anilines is 2. The van der Waals surface area contributed by atoms with Crippen LogP contribution in [0.4, 0.5) is 11.4 Å². The highest BCUT2D eigenvalue weighted by atomic mass is 32.2. The summed E-state index contributed by atoms with van der Waals surface area (Å²) >= 11 is 1.28. The summed E-state index contributed by atoms with van der Waals surface area (Å²) in [6, 6.07) is 9.77. The number of nitrogens with zero attached hydrogens (tertiary/aromatic N) is 5. The minimum atomic E-state index is -0.792. The maximum atomic E-state index is 12.6. The van der Waals surface area contributed by atoms with Gasteiger partial charge in [0.2, 0.25) is 5.16 Å². The fraction of sp³-hybridized carbons (Fsp3) is 0.471. The number of carbonyl (C=O) groups is 1. The summed E-state index contributed by atoms with van der Waals surface area (Å²) < 4.78 is 1.72. The van der Waals surface area contributed by atoms with Gasteiger partial charge in [-0.05, 0) is 29.0 Å². The number of ketones is 1. The summed E-state index contributed by atoms with van der Waals surface area (Å²) in [5, 5.41) is 28.1. The van der Waals surface area contributed by atoms with E-state index in [2.05, 4.69) is 39.2 Å². The van der Waals surface area contributed by atoms with Gasteiger partial charge in [-0.1, -0.05) is 43.7 Å². The van der Waals surface area contributed by atoms with Crippen molar-refractivity contribution < 1.29 is 4.79 Å². The SMILES string of the molecule is CCCCCn1nnnc1SCC(=O)C(C#N)C1Nc2ccccc2N1. The third-order valence-electron chi connectivity index (χ3n) is 4.18. The first-order valence-electron chi connectivity index (χ1n) is 8.66. The van der Waals surface area contributed by atoms with E-state index in [0.29, 0.717) is 5.16 Å². The zero-order valence-electron chi connectivity index (χ0n) is 14.6. The average Bonchev–Trinajstić information content (AvgIpc) is 3.27. The van der Waals surface area contributed by atoms with Crippen LogP contribution in [0.25, 0.3) is 0 Å². The van der Waals surface area contributed by atoms with Gasteiger partial charge in [-0.3, -0.25) is 4.79 Å². The molecule has 0 radical (unpaired) electrons. The molecular weight excluding hydrogens is 350 g/mol. The number of Topliss-reactive ketones (excluding diaryl/α,β-unsaturated/α-hetero) is 1. The molecule has 0 saturated carbocycles. The molecule has 8 nitrogen and oxygen atoms in total. The Labute approximate surface area is 156 Å². The number of aromatic nitrogens is 4. The Kier molecular flexibility index (Phi) is 6.07. The quantitative estimate of drug-likeness (QED) is 0.511. The van der Waals surface area contributed by atoms with Gasteiger partial charge in [-0.2, -0.15) is 5.26 Å². The summed E-state index contributed by atoms with van der Waals surface area (Å²) in [5.41, 5.74) is 1.80. The summed E-state index contributed by atoms with van der Waals surface area (Å²) in [4.78, 5) is 12.6. The Bertz CT molecular complexity index is 775. The maximum Gasteiger partial charge on any atom is 0.209 e. The number of tetrazole rings is 1. The summed E-state index contributed by atoms with van der Waals surface area (Å²) in [6.45, 7) is 2.87. The van der Waals surface area contributed by atoms with E-state index in [0.717, 1.165) is 37.2 Å². The minimum Gasteiger partial charge on any atom is -0.362 e. The van der Waals surface area contributed by atoms with Crippen molar-refractivity contribution in [2.24, 2.45) is 5.92 Å². The number of unbranched alkanes of at least 4 members (excludes halogenated alkanes) is 2. The van der Waals surface area contributed by atoms with Gasteiger partial charge in [0.25, 0.3) is 0 Å². The Morgan fingerprint density at radius 3 is 2.73 bits per heavy atom. The van der Waals surface area contributed by atoms with E-state index < -0.39 is 12.1 Å². The summed E-state index contributed by atoms with van der Waals surface area (Å²) in [7, 11) is 0. The molecule has 9 heteroatoms. The maximum absolute atomic E-state index is 12.6. The zero-order chi connectivity index (χ0) is 18.4. The van der Waals surface area contributed by atoms with Crippen molar-refractivity contribution in [2.45, 2.75) is 44.1 Å². The number of nitrogens with one attached hydrogen (secondary N) is 2. The van der Waals surface area contributed by atoms with Crippen LogP contribution in [0, 0.1) is 17.2 Å². The second-order valence-electron chi connectivity index (χ2n) is 6.07. The standard InChI is InChI=1S/C17H21N7OS/c1-2-3-6-9-24-17(21-22-23-24)26-11-15(25)12(10-18)16-19-13-7-4-5-8-14(13)20-16/h4-5,7-8,12,16,19-20H,2-3,6,9,11H2,1H3. The lowest BCUT2D eigenvalue weighted by molar-refractivity contribution is -0.118. The number of nitriles is 1. The minimum absolute atomic E-state index is 0.154. The lowest BCUT2D eigenvalue weighted by Gasteiger charge is -2.17. The molecule has 1 atom stereocenters. The second-order valence-corrected chi connectivity index (χ2v) is 7.01. The smallest absolute Gasteiger partial charge is 0.209 e. The Morgan fingerprint density at radius 2 is 2.08 bits per heavy atom. The molecule has 1 aliphatic heterocycles. The van der Waals surface area contributed by atoms with Crippen LogP contribution in [0.1, 0.15) is 26.2 Å². The fourth-order valence-corrected chi connectivity index (χ4v) is 3.60. The van der Waals surface area contributed by atoms with Crippen molar-refractivity contribution in [3.8, 4) is 6.07 Å². The molecule has 26 heavy (non-hydrogen) atoms. The molecule has 0 aliphatic carbocycles. The molecule has 1 aromatic carbocycles. The van der Waals surface area contributed by atoms with Gasteiger partial charge in [0.05, 0.1) is 23.2 Å². The highest BCUT2D eigenvalue weighted by Gasteiger charge is 2.32. The number of benzene rings is 1. The molecule has 3 rings (SSSR count). The fourth-order valence-electron chi connectivity index (χ4n) is 2.78. The monoisotopic (exact) mass is 371 g/mol. The van der Waals surface area contributed by atoms with Crippen LogP contribution in [-0.2, 0) is 11.3 Å². The molecular formula is C17H21N7OS. The number of carbonyl (C=O) groups excluding carboxylic acids is 1. The first-order chi connectivity index (χ1) is 12.7. The molecule has 0 saturated heterocycles. The molecule has 0 amide bonds. The number of hydrogen-bond acceptors (Lipinski definition) is 8. The van der Waals surface area contributed by atoms with Crippen LogP contribution in [0.3, 0.4) is 0 Å². The molecule has 0 spiro atoms. The first-order valence-corrected chi connectivity index (χ1v) is 9.65. The van der Waals surface area contributed by atoms with Gasteiger partial charge in [0.15, 0.2) is 5.78 Å². The predicted molar refractivity (Wildman–Crippen MR) is 99.7 cm³/mol. The van der Waals surface area contributed by atoms with E-state index in [1.54, 1.807) is 4.68 Å². The second kappa shape index (κ2) is 8.67. The third-order valence-corrected chi connectivity index (χ3v) is 5.16. The van der Waals surface area contributed by atoms with Crippen molar-refractivity contribution in [1.82, 2.24) is 20.2 Å². The average molecular weight is 371 g/mol. The largest absolute Gasteiger partial charge is 0.362 e. The molecule has 136 valence electrons. The summed E-state index contributed by atoms with van der Waals surface area (Å²) in [6.07, 6.45) is 2.80. The number of para-hydroxylation sites is 2. The van der Waals surface area contributed by atoms with Crippen LogP contribution in [0.15, 0.2) is 29.4 Å². The number of rotatable bonds is 9. The molecule has 1 aromatic heterocycles. The van der Waals surface area contributed by atoms with E-state index in [1.165, 1.54) is 11.8 Å². The normalized spacial score (nSPS) is 14.2. The van der Waals surface area contributed by atoms with Crippen molar-refractivity contribution in [2.75, 3.05) is 16.4 Å². The van der Waals surface area contributed by atoms with Crippen molar-refractivity contribution in [3.05, 3.63) is 24.3 Å². The van der Waals surface area contributed by atoms with E-state index in [4.69, 9.17) is 0 Å². The molecule has 2 aromatic rings. The predicted octanol–water partition coefficient (Wildman–Crippen LogP) is 2.53. The van der Waals surface area contributed by atoms with Crippen molar-refractivity contribution in [1.29, 1.82) is 5.26 Å². The van der Waals surface area contributed by atoms with Gasteiger partial charge in [0, 0.05) is 6.54 Å². The lowest BCUT2D eigenvalue weighted by Crippen LogP contribution is -2.37. The highest BCUT2D eigenvalue weighted by molar-refractivity contribution is 7.99. The van der Waals surface area contributed by atoms with Crippen LogP contribution in [0.2, 0.25) is 0 Å². The molecule has 1 aliphatic rings.